The van der Waals surface area contributed by atoms with E-state index in [-0.39, 0.29) is 18.6 Å². The lowest BCUT2D eigenvalue weighted by Crippen LogP contribution is -2.53. The molecule has 0 bridgehead atoms. The Hall–Kier alpha value is -3.39. The van der Waals surface area contributed by atoms with Gasteiger partial charge in [0.2, 0.25) is 5.91 Å². The summed E-state index contributed by atoms with van der Waals surface area (Å²) >= 11 is 0. The van der Waals surface area contributed by atoms with E-state index < -0.39 is 30.4 Å². The van der Waals surface area contributed by atoms with Gasteiger partial charge in [-0.1, -0.05) is 48.5 Å². The molecule has 1 unspecified atom stereocenters. The van der Waals surface area contributed by atoms with Gasteiger partial charge in [-0.15, -0.1) is 0 Å². The molecule has 3 rings (SSSR count). The first-order valence-corrected chi connectivity index (χ1v) is 11.5. The van der Waals surface area contributed by atoms with Crippen LogP contribution in [0, 0.1) is 0 Å². The Morgan fingerprint density at radius 1 is 0.971 bits per heavy atom. The zero-order valence-electron chi connectivity index (χ0n) is 20.2. The average Bonchev–Trinajstić information content (AvgIpc) is 3.10. The van der Waals surface area contributed by atoms with Crippen LogP contribution in [0.4, 0.5) is 4.79 Å². The molecule has 8 heteroatoms. The number of carbonyl (C=O) groups excluding carboxylic acids is 2. The molecule has 2 aromatic rings. The SMILES string of the molecule is CC(C)N(CCN(C)C)C(=O)C(CC(=O)O)NC(=O)OCC1c2ccccc2-c2ccccc21. The molecular formula is C26H33N3O5. The van der Waals surface area contributed by atoms with E-state index >= 15 is 0 Å². The highest BCUT2D eigenvalue weighted by Crippen LogP contribution is 2.44. The molecule has 0 fully saturated rings. The second-order valence-corrected chi connectivity index (χ2v) is 9.05. The lowest BCUT2D eigenvalue weighted by atomic mass is 9.98. The largest absolute Gasteiger partial charge is 0.481 e. The van der Waals surface area contributed by atoms with Gasteiger partial charge < -0.3 is 25.0 Å². The van der Waals surface area contributed by atoms with Gasteiger partial charge in [0.05, 0.1) is 6.42 Å². The van der Waals surface area contributed by atoms with Crippen LogP contribution in [-0.2, 0) is 14.3 Å². The minimum absolute atomic E-state index is 0.0857. The number of hydrogen-bond donors (Lipinski definition) is 2. The molecule has 2 N–H and O–H groups in total. The Bertz CT molecular complexity index is 991. The third kappa shape index (κ3) is 5.94. The van der Waals surface area contributed by atoms with E-state index in [1.54, 1.807) is 4.90 Å². The van der Waals surface area contributed by atoms with Crippen molar-refractivity contribution in [3.05, 3.63) is 59.7 Å². The van der Waals surface area contributed by atoms with Gasteiger partial charge >= 0.3 is 12.1 Å². The maximum Gasteiger partial charge on any atom is 0.407 e. The average molecular weight is 468 g/mol. The van der Waals surface area contributed by atoms with Gasteiger partial charge in [0, 0.05) is 25.0 Å². The summed E-state index contributed by atoms with van der Waals surface area (Å²) in [5, 5.41) is 11.8. The fourth-order valence-electron chi connectivity index (χ4n) is 4.29. The smallest absolute Gasteiger partial charge is 0.407 e. The van der Waals surface area contributed by atoms with Crippen molar-refractivity contribution in [2.24, 2.45) is 0 Å². The Labute approximate surface area is 200 Å². The van der Waals surface area contributed by atoms with Crippen molar-refractivity contribution in [1.29, 1.82) is 0 Å². The van der Waals surface area contributed by atoms with Crippen LogP contribution in [0.15, 0.2) is 48.5 Å². The Balaban J connectivity index is 1.70. The van der Waals surface area contributed by atoms with Crippen molar-refractivity contribution in [3.63, 3.8) is 0 Å². The quantitative estimate of drug-likeness (QED) is 0.557. The van der Waals surface area contributed by atoms with Crippen molar-refractivity contribution in [2.45, 2.75) is 38.3 Å². The summed E-state index contributed by atoms with van der Waals surface area (Å²) in [6, 6.07) is 14.6. The number of aliphatic carboxylic acids is 1. The van der Waals surface area contributed by atoms with E-state index in [1.807, 2.05) is 81.4 Å². The highest BCUT2D eigenvalue weighted by molar-refractivity contribution is 5.89. The van der Waals surface area contributed by atoms with E-state index in [4.69, 9.17) is 4.74 Å². The van der Waals surface area contributed by atoms with Gasteiger partial charge in [-0.3, -0.25) is 9.59 Å². The van der Waals surface area contributed by atoms with Gasteiger partial charge in [-0.2, -0.15) is 0 Å². The third-order valence-electron chi connectivity index (χ3n) is 6.01. The van der Waals surface area contributed by atoms with Crippen LogP contribution in [0.5, 0.6) is 0 Å². The number of amides is 2. The fraction of sp³-hybridized carbons (Fsp3) is 0.423. The molecule has 34 heavy (non-hydrogen) atoms. The molecule has 2 aromatic carbocycles. The van der Waals surface area contributed by atoms with Crippen LogP contribution in [-0.4, -0.2) is 78.8 Å². The molecule has 0 saturated heterocycles. The van der Waals surface area contributed by atoms with Crippen molar-refractivity contribution in [2.75, 3.05) is 33.8 Å². The molecule has 0 saturated carbocycles. The zero-order valence-corrected chi connectivity index (χ0v) is 20.2. The first-order valence-electron chi connectivity index (χ1n) is 11.5. The number of carbonyl (C=O) groups is 3. The highest BCUT2D eigenvalue weighted by Gasteiger charge is 2.32. The number of benzene rings is 2. The number of nitrogens with zero attached hydrogens (tertiary/aromatic N) is 2. The van der Waals surface area contributed by atoms with Gasteiger partial charge in [0.15, 0.2) is 0 Å². The molecule has 1 aliphatic carbocycles. The van der Waals surface area contributed by atoms with Crippen LogP contribution < -0.4 is 5.32 Å². The Kier molecular flexibility index (Phi) is 8.28. The number of likely N-dealkylation sites (N-methyl/N-ethyl adjacent to an activating group) is 1. The minimum atomic E-state index is -1.21. The molecular weight excluding hydrogens is 434 g/mol. The molecule has 0 spiro atoms. The molecule has 1 aliphatic rings. The van der Waals surface area contributed by atoms with Crippen molar-refractivity contribution in [1.82, 2.24) is 15.1 Å². The van der Waals surface area contributed by atoms with Gasteiger partial charge in [0.25, 0.3) is 0 Å². The summed E-state index contributed by atoms with van der Waals surface area (Å²) in [5.74, 6) is -1.74. The summed E-state index contributed by atoms with van der Waals surface area (Å²) in [7, 11) is 3.79. The zero-order chi connectivity index (χ0) is 24.8. The molecule has 2 amide bonds. The third-order valence-corrected chi connectivity index (χ3v) is 6.01. The number of fused-ring (bicyclic) bond motifs is 3. The molecule has 1 atom stereocenters. The molecule has 0 heterocycles. The van der Waals surface area contributed by atoms with Crippen LogP contribution in [0.3, 0.4) is 0 Å². The first kappa shape index (κ1) is 25.2. The maximum atomic E-state index is 13.1. The van der Waals surface area contributed by atoms with Crippen molar-refractivity contribution in [3.8, 4) is 11.1 Å². The standard InChI is InChI=1S/C26H33N3O5/c1-17(2)29(14-13-28(3)4)25(32)23(15-24(30)31)27-26(33)34-16-22-20-11-7-5-9-18(20)19-10-6-8-12-21(19)22/h5-12,17,22-23H,13-16H2,1-4H3,(H,27,33)(H,30,31). The van der Waals surface area contributed by atoms with Crippen molar-refractivity contribution >= 4 is 18.0 Å². The minimum Gasteiger partial charge on any atom is -0.481 e. The number of carboxylic acid groups (broad SMARTS) is 1. The molecule has 0 radical (unpaired) electrons. The summed E-state index contributed by atoms with van der Waals surface area (Å²) in [6.07, 6.45) is -1.33. The number of nitrogens with one attached hydrogen (secondary N) is 1. The van der Waals surface area contributed by atoms with Crippen LogP contribution in [0.25, 0.3) is 11.1 Å². The lowest BCUT2D eigenvalue weighted by molar-refractivity contribution is -0.143. The predicted molar refractivity (Wildman–Crippen MR) is 130 cm³/mol. The number of ether oxygens (including phenoxy) is 1. The number of alkyl carbamates (subject to hydrolysis) is 1. The summed E-state index contributed by atoms with van der Waals surface area (Å²) in [5.41, 5.74) is 4.37. The van der Waals surface area contributed by atoms with E-state index in [1.165, 1.54) is 0 Å². The van der Waals surface area contributed by atoms with Crippen LogP contribution in [0.2, 0.25) is 0 Å². The molecule has 0 aromatic heterocycles. The Morgan fingerprint density at radius 3 is 2.03 bits per heavy atom. The molecule has 182 valence electrons. The van der Waals surface area contributed by atoms with E-state index in [0.717, 1.165) is 22.3 Å². The van der Waals surface area contributed by atoms with E-state index in [9.17, 15) is 19.5 Å². The number of carboxylic acids is 1. The Morgan fingerprint density at radius 2 is 1.53 bits per heavy atom. The summed E-state index contributed by atoms with van der Waals surface area (Å²) < 4.78 is 5.52. The van der Waals surface area contributed by atoms with E-state index in [2.05, 4.69) is 5.32 Å². The highest BCUT2D eigenvalue weighted by atomic mass is 16.5. The van der Waals surface area contributed by atoms with Crippen LogP contribution >= 0.6 is 0 Å². The molecule has 8 nitrogen and oxygen atoms in total. The molecule has 0 aliphatic heterocycles. The monoisotopic (exact) mass is 467 g/mol. The second kappa shape index (κ2) is 11.2. The summed E-state index contributed by atoms with van der Waals surface area (Å²) in [4.78, 5) is 40.7. The number of hydrogen-bond acceptors (Lipinski definition) is 5. The second-order valence-electron chi connectivity index (χ2n) is 9.05. The normalized spacial score (nSPS) is 13.4. The van der Waals surface area contributed by atoms with Gasteiger partial charge in [-0.25, -0.2) is 4.79 Å². The maximum absolute atomic E-state index is 13.1. The first-order chi connectivity index (χ1) is 16.2. The van der Waals surface area contributed by atoms with Crippen molar-refractivity contribution < 1.29 is 24.2 Å². The van der Waals surface area contributed by atoms with Gasteiger partial charge in [-0.05, 0) is 50.2 Å². The number of rotatable bonds is 10. The fourth-order valence-corrected chi connectivity index (χ4v) is 4.29. The predicted octanol–water partition coefficient (Wildman–Crippen LogP) is 3.17. The van der Waals surface area contributed by atoms with E-state index in [0.29, 0.717) is 13.1 Å². The van der Waals surface area contributed by atoms with Gasteiger partial charge in [0.1, 0.15) is 12.6 Å². The lowest BCUT2D eigenvalue weighted by Gasteiger charge is -2.31. The van der Waals surface area contributed by atoms with Crippen LogP contribution in [0.1, 0.15) is 37.3 Å². The summed E-state index contributed by atoms with van der Waals surface area (Å²) in [6.45, 7) is 4.85. The topological polar surface area (TPSA) is 99.2 Å².